The van der Waals surface area contributed by atoms with Gasteiger partial charge in [0.1, 0.15) is 5.75 Å². The third-order valence-electron chi connectivity index (χ3n) is 5.48. The molecular formula is C21H23NO5. The molecule has 0 amide bonds. The van der Waals surface area contributed by atoms with Crippen LogP contribution in [0.2, 0.25) is 0 Å². The maximum absolute atomic E-state index is 11.9. The average Bonchev–Trinajstić information content (AvgIpc) is 3.28. The molecule has 0 spiro atoms. The molecule has 2 heterocycles. The molecule has 27 heavy (non-hydrogen) atoms. The summed E-state index contributed by atoms with van der Waals surface area (Å²) in [6, 6.07) is 11.7. The van der Waals surface area contributed by atoms with Crippen LogP contribution in [-0.2, 0) is 11.3 Å². The first kappa shape index (κ1) is 17.7. The topological polar surface area (TPSA) is 68.2 Å². The van der Waals surface area contributed by atoms with Crippen LogP contribution < -0.4 is 14.2 Å². The number of nitrogens with zero attached hydrogens (tertiary/aromatic N) is 1. The van der Waals surface area contributed by atoms with Crippen LogP contribution in [0.3, 0.4) is 0 Å². The van der Waals surface area contributed by atoms with E-state index in [1.165, 1.54) is 0 Å². The molecule has 4 rings (SSSR count). The number of carbonyl (C=O) groups is 1. The number of hydrogen-bond donors (Lipinski definition) is 1. The third kappa shape index (κ3) is 3.32. The van der Waals surface area contributed by atoms with Gasteiger partial charge in [-0.1, -0.05) is 18.2 Å². The molecule has 0 aliphatic carbocycles. The van der Waals surface area contributed by atoms with Crippen molar-refractivity contribution in [3.63, 3.8) is 0 Å². The smallest absolute Gasteiger partial charge is 0.308 e. The van der Waals surface area contributed by atoms with Crippen LogP contribution in [0.5, 0.6) is 17.2 Å². The molecule has 0 radical (unpaired) electrons. The van der Waals surface area contributed by atoms with Gasteiger partial charge < -0.3 is 19.3 Å². The lowest BCUT2D eigenvalue weighted by molar-refractivity contribution is -0.141. The molecule has 2 aromatic rings. The molecule has 0 aromatic heterocycles. The Labute approximate surface area is 158 Å². The van der Waals surface area contributed by atoms with Crippen molar-refractivity contribution in [3.8, 4) is 17.2 Å². The van der Waals surface area contributed by atoms with Crippen molar-refractivity contribution in [2.45, 2.75) is 19.4 Å². The predicted octanol–water partition coefficient (Wildman–Crippen LogP) is 3.03. The molecule has 142 valence electrons. The second-order valence-corrected chi connectivity index (χ2v) is 7.12. The molecule has 2 aromatic carbocycles. The van der Waals surface area contributed by atoms with Gasteiger partial charge in [0.05, 0.1) is 13.0 Å². The minimum atomic E-state index is -0.768. The molecule has 1 fully saturated rings. The summed E-state index contributed by atoms with van der Waals surface area (Å²) in [5.41, 5.74) is 3.20. The van der Waals surface area contributed by atoms with Gasteiger partial charge in [0, 0.05) is 25.6 Å². The summed E-state index contributed by atoms with van der Waals surface area (Å²) >= 11 is 0. The number of ether oxygens (including phenoxy) is 3. The fourth-order valence-electron chi connectivity index (χ4n) is 4.05. The summed E-state index contributed by atoms with van der Waals surface area (Å²) in [7, 11) is 1.62. The summed E-state index contributed by atoms with van der Waals surface area (Å²) < 4.78 is 16.4. The van der Waals surface area contributed by atoms with Crippen molar-refractivity contribution >= 4 is 5.97 Å². The molecular weight excluding hydrogens is 346 g/mol. The normalized spacial score (nSPS) is 21.4. The van der Waals surface area contributed by atoms with Crippen LogP contribution >= 0.6 is 0 Å². The molecule has 0 bridgehead atoms. The fourth-order valence-corrected chi connectivity index (χ4v) is 4.05. The number of para-hydroxylation sites is 1. The summed E-state index contributed by atoms with van der Waals surface area (Å²) in [5.74, 6) is 0.938. The van der Waals surface area contributed by atoms with E-state index in [1.807, 2.05) is 43.3 Å². The summed E-state index contributed by atoms with van der Waals surface area (Å²) in [5, 5.41) is 9.77. The molecule has 2 atom stereocenters. The van der Waals surface area contributed by atoms with Crippen molar-refractivity contribution in [1.82, 2.24) is 4.90 Å². The molecule has 6 heteroatoms. The second kappa shape index (κ2) is 7.12. The Morgan fingerprint density at radius 3 is 2.70 bits per heavy atom. The number of carboxylic acids is 1. The van der Waals surface area contributed by atoms with E-state index >= 15 is 0 Å². The maximum atomic E-state index is 11.9. The predicted molar refractivity (Wildman–Crippen MR) is 99.4 cm³/mol. The Morgan fingerprint density at radius 2 is 1.96 bits per heavy atom. The van der Waals surface area contributed by atoms with E-state index in [0.29, 0.717) is 19.6 Å². The van der Waals surface area contributed by atoms with Crippen molar-refractivity contribution < 1.29 is 24.1 Å². The average molecular weight is 369 g/mol. The van der Waals surface area contributed by atoms with Gasteiger partial charge in [-0.3, -0.25) is 9.69 Å². The zero-order valence-electron chi connectivity index (χ0n) is 15.5. The first-order chi connectivity index (χ1) is 13.1. The van der Waals surface area contributed by atoms with Crippen molar-refractivity contribution in [2.24, 2.45) is 5.92 Å². The Kier molecular flexibility index (Phi) is 4.66. The van der Waals surface area contributed by atoms with Crippen LogP contribution in [0.1, 0.15) is 22.6 Å². The highest BCUT2D eigenvalue weighted by Gasteiger charge is 2.39. The number of likely N-dealkylation sites (tertiary alicyclic amines) is 1. The van der Waals surface area contributed by atoms with Gasteiger partial charge in [0.25, 0.3) is 0 Å². The molecule has 6 nitrogen and oxygen atoms in total. The number of aryl methyl sites for hydroxylation is 1. The highest BCUT2D eigenvalue weighted by molar-refractivity contribution is 5.72. The van der Waals surface area contributed by atoms with Gasteiger partial charge in [-0.25, -0.2) is 0 Å². The van der Waals surface area contributed by atoms with Gasteiger partial charge in [-0.15, -0.1) is 0 Å². The number of fused-ring (bicyclic) bond motifs is 1. The van der Waals surface area contributed by atoms with Crippen LogP contribution in [0, 0.1) is 12.8 Å². The lowest BCUT2D eigenvalue weighted by Crippen LogP contribution is -2.23. The minimum Gasteiger partial charge on any atom is -0.496 e. The lowest BCUT2D eigenvalue weighted by Gasteiger charge is -2.19. The molecule has 2 aliphatic heterocycles. The van der Waals surface area contributed by atoms with Crippen LogP contribution in [0.25, 0.3) is 0 Å². The van der Waals surface area contributed by atoms with E-state index < -0.39 is 11.9 Å². The van der Waals surface area contributed by atoms with E-state index in [9.17, 15) is 9.90 Å². The van der Waals surface area contributed by atoms with Gasteiger partial charge in [0.2, 0.25) is 6.79 Å². The van der Waals surface area contributed by atoms with Crippen LogP contribution in [0.15, 0.2) is 36.4 Å². The monoisotopic (exact) mass is 369 g/mol. The molecule has 0 unspecified atom stereocenters. The number of aliphatic carboxylic acids is 1. The number of benzene rings is 2. The lowest BCUT2D eigenvalue weighted by atomic mass is 9.88. The molecule has 1 saturated heterocycles. The van der Waals surface area contributed by atoms with Gasteiger partial charge in [0.15, 0.2) is 11.5 Å². The first-order valence-corrected chi connectivity index (χ1v) is 9.04. The molecule has 0 saturated carbocycles. The highest BCUT2D eigenvalue weighted by Crippen LogP contribution is 2.39. The van der Waals surface area contributed by atoms with Crippen molar-refractivity contribution in [3.05, 3.63) is 53.1 Å². The third-order valence-corrected chi connectivity index (χ3v) is 5.48. The van der Waals surface area contributed by atoms with Gasteiger partial charge in [-0.2, -0.15) is 0 Å². The number of carboxylic acid groups (broad SMARTS) is 1. The van der Waals surface area contributed by atoms with Gasteiger partial charge in [-0.05, 0) is 41.8 Å². The zero-order chi connectivity index (χ0) is 19.0. The number of rotatable bonds is 5. The van der Waals surface area contributed by atoms with Crippen molar-refractivity contribution in [2.75, 3.05) is 27.0 Å². The van der Waals surface area contributed by atoms with E-state index in [1.54, 1.807) is 7.11 Å². The Hall–Kier alpha value is -2.73. The second-order valence-electron chi connectivity index (χ2n) is 7.12. The summed E-state index contributed by atoms with van der Waals surface area (Å²) in [6.07, 6.45) is 0. The number of methoxy groups -OCH3 is 1. The number of hydrogen-bond acceptors (Lipinski definition) is 5. The maximum Gasteiger partial charge on any atom is 0.308 e. The minimum absolute atomic E-state index is 0.104. The van der Waals surface area contributed by atoms with E-state index in [-0.39, 0.29) is 12.7 Å². The SMILES string of the molecule is COc1ccccc1[C@H]1CN(Cc2cc3c(cc2C)OCO3)C[C@@H]1C(=O)O. The van der Waals surface area contributed by atoms with E-state index in [0.717, 1.165) is 33.9 Å². The van der Waals surface area contributed by atoms with Crippen LogP contribution in [-0.4, -0.2) is 43.0 Å². The molecule has 2 aliphatic rings. The summed E-state index contributed by atoms with van der Waals surface area (Å²) in [6.45, 7) is 4.15. The van der Waals surface area contributed by atoms with Crippen molar-refractivity contribution in [1.29, 1.82) is 0 Å². The Balaban J connectivity index is 1.58. The van der Waals surface area contributed by atoms with E-state index in [2.05, 4.69) is 4.90 Å². The van der Waals surface area contributed by atoms with Crippen LogP contribution in [0.4, 0.5) is 0 Å². The summed E-state index contributed by atoms with van der Waals surface area (Å²) in [4.78, 5) is 14.1. The Morgan fingerprint density at radius 1 is 1.22 bits per heavy atom. The Bertz CT molecular complexity index is 866. The standard InChI is InChI=1S/C21H23NO5/c1-13-7-19-20(27-12-26-19)8-14(13)9-22-10-16(17(11-22)21(23)24)15-5-3-4-6-18(15)25-2/h3-8,16-17H,9-12H2,1-2H3,(H,23,24)/t16-,17+/m1/s1. The zero-order valence-corrected chi connectivity index (χ0v) is 15.5. The van der Waals surface area contributed by atoms with E-state index in [4.69, 9.17) is 14.2 Å². The van der Waals surface area contributed by atoms with Gasteiger partial charge >= 0.3 is 5.97 Å². The fraction of sp³-hybridized carbons (Fsp3) is 0.381. The highest BCUT2D eigenvalue weighted by atomic mass is 16.7. The molecule has 1 N–H and O–H groups in total. The largest absolute Gasteiger partial charge is 0.496 e. The quantitative estimate of drug-likeness (QED) is 0.874. The first-order valence-electron chi connectivity index (χ1n) is 9.04.